The Morgan fingerprint density at radius 2 is 1.43 bits per heavy atom. The van der Waals surface area contributed by atoms with Crippen LogP contribution in [0.4, 0.5) is 4.79 Å². The first-order chi connectivity index (χ1) is 6.63. The number of urea groups is 1. The zero-order valence-corrected chi connectivity index (χ0v) is 8.42. The van der Waals surface area contributed by atoms with Crippen LogP contribution >= 0.6 is 0 Å². The Morgan fingerprint density at radius 1 is 1.07 bits per heavy atom. The number of amides is 2. The fourth-order valence-electron chi connectivity index (χ4n) is 0.671. The SMILES string of the molecule is C=N/C=C\N(C)C(=O)N(C)/C=C\N=C. The van der Waals surface area contributed by atoms with E-state index in [4.69, 9.17) is 0 Å². The molecule has 0 saturated carbocycles. The molecule has 0 heterocycles. The first-order valence-electron chi connectivity index (χ1n) is 3.88. The van der Waals surface area contributed by atoms with Gasteiger partial charge in [-0.3, -0.25) is 9.98 Å². The quantitative estimate of drug-likeness (QED) is 0.622. The van der Waals surface area contributed by atoms with E-state index < -0.39 is 0 Å². The van der Waals surface area contributed by atoms with E-state index in [0.717, 1.165) is 0 Å². The second-order valence-electron chi connectivity index (χ2n) is 2.47. The fourth-order valence-corrected chi connectivity index (χ4v) is 0.671. The maximum absolute atomic E-state index is 11.5. The predicted octanol–water partition coefficient (Wildman–Crippen LogP) is 1.31. The lowest BCUT2D eigenvalue weighted by Crippen LogP contribution is -2.32. The lowest BCUT2D eigenvalue weighted by Gasteiger charge is -2.18. The Labute approximate surface area is 83.8 Å². The van der Waals surface area contributed by atoms with Gasteiger partial charge in [0.1, 0.15) is 0 Å². The maximum Gasteiger partial charge on any atom is 0.327 e. The molecule has 0 aliphatic rings. The topological polar surface area (TPSA) is 48.3 Å². The van der Waals surface area contributed by atoms with Crippen LogP contribution in [0.5, 0.6) is 0 Å². The molecule has 0 saturated heterocycles. The highest BCUT2D eigenvalue weighted by Crippen LogP contribution is 1.95. The van der Waals surface area contributed by atoms with Crippen molar-refractivity contribution in [1.82, 2.24) is 9.80 Å². The Kier molecular flexibility index (Phi) is 5.69. The van der Waals surface area contributed by atoms with Crippen LogP contribution in [-0.2, 0) is 0 Å². The fraction of sp³-hybridized carbons (Fsp3) is 0.222. The van der Waals surface area contributed by atoms with Gasteiger partial charge in [-0.05, 0) is 13.4 Å². The molecule has 2 amide bonds. The van der Waals surface area contributed by atoms with Crippen molar-refractivity contribution < 1.29 is 4.79 Å². The van der Waals surface area contributed by atoms with Crippen molar-refractivity contribution in [3.8, 4) is 0 Å². The lowest BCUT2D eigenvalue weighted by atomic mass is 10.6. The van der Waals surface area contributed by atoms with Gasteiger partial charge in [0.25, 0.3) is 0 Å². The molecule has 0 fully saturated rings. The highest BCUT2D eigenvalue weighted by atomic mass is 16.2. The monoisotopic (exact) mass is 194 g/mol. The van der Waals surface area contributed by atoms with Gasteiger partial charge in [-0.15, -0.1) is 0 Å². The molecule has 0 N–H and O–H groups in total. The average Bonchev–Trinajstić information content (AvgIpc) is 2.21. The molecule has 5 heteroatoms. The van der Waals surface area contributed by atoms with Crippen molar-refractivity contribution in [2.45, 2.75) is 0 Å². The summed E-state index contributed by atoms with van der Waals surface area (Å²) in [6.45, 7) is 6.52. The number of hydrogen-bond donors (Lipinski definition) is 0. The minimum Gasteiger partial charge on any atom is -0.302 e. The van der Waals surface area contributed by atoms with Gasteiger partial charge in [0.2, 0.25) is 0 Å². The van der Waals surface area contributed by atoms with E-state index in [-0.39, 0.29) is 6.03 Å². The van der Waals surface area contributed by atoms with Gasteiger partial charge in [0.05, 0.1) is 0 Å². The molecular weight excluding hydrogens is 180 g/mol. The van der Waals surface area contributed by atoms with Crippen molar-refractivity contribution in [3.05, 3.63) is 24.8 Å². The third-order valence-electron chi connectivity index (χ3n) is 1.39. The zero-order valence-electron chi connectivity index (χ0n) is 8.42. The molecular formula is C9H14N4O. The molecule has 0 aliphatic heterocycles. The van der Waals surface area contributed by atoms with Crippen molar-refractivity contribution in [3.63, 3.8) is 0 Å². The molecule has 0 spiro atoms. The van der Waals surface area contributed by atoms with E-state index in [2.05, 4.69) is 23.4 Å². The van der Waals surface area contributed by atoms with Crippen molar-refractivity contribution in [2.24, 2.45) is 9.98 Å². The molecule has 0 radical (unpaired) electrons. The summed E-state index contributed by atoms with van der Waals surface area (Å²) >= 11 is 0. The number of carbonyl (C=O) groups excluding carboxylic acids is 1. The largest absolute Gasteiger partial charge is 0.327 e. The summed E-state index contributed by atoms with van der Waals surface area (Å²) in [5.41, 5.74) is 0. The van der Waals surface area contributed by atoms with E-state index >= 15 is 0 Å². The summed E-state index contributed by atoms with van der Waals surface area (Å²) in [4.78, 5) is 21.2. The third-order valence-corrected chi connectivity index (χ3v) is 1.39. The average molecular weight is 194 g/mol. The molecule has 5 nitrogen and oxygen atoms in total. The van der Waals surface area contributed by atoms with E-state index in [1.54, 1.807) is 14.1 Å². The maximum atomic E-state index is 11.5. The van der Waals surface area contributed by atoms with Crippen LogP contribution in [0.15, 0.2) is 34.8 Å². The summed E-state index contributed by atoms with van der Waals surface area (Å²) in [7, 11) is 3.24. The summed E-state index contributed by atoms with van der Waals surface area (Å²) in [6, 6.07) is -0.204. The highest BCUT2D eigenvalue weighted by Gasteiger charge is 2.08. The molecule has 0 aliphatic carbocycles. The highest BCUT2D eigenvalue weighted by molar-refractivity contribution is 5.75. The van der Waals surface area contributed by atoms with Crippen LogP contribution in [-0.4, -0.2) is 43.4 Å². The molecule has 76 valence electrons. The smallest absolute Gasteiger partial charge is 0.302 e. The Hall–Kier alpha value is -1.91. The van der Waals surface area contributed by atoms with E-state index in [1.807, 2.05) is 0 Å². The van der Waals surface area contributed by atoms with Gasteiger partial charge in [-0.2, -0.15) is 0 Å². The Morgan fingerprint density at radius 3 is 1.71 bits per heavy atom. The van der Waals surface area contributed by atoms with Gasteiger partial charge in [0.15, 0.2) is 0 Å². The van der Waals surface area contributed by atoms with Gasteiger partial charge in [-0.25, -0.2) is 4.79 Å². The predicted molar refractivity (Wildman–Crippen MR) is 58.3 cm³/mol. The van der Waals surface area contributed by atoms with Gasteiger partial charge >= 0.3 is 6.03 Å². The van der Waals surface area contributed by atoms with Gasteiger partial charge in [-0.1, -0.05) is 0 Å². The van der Waals surface area contributed by atoms with Crippen LogP contribution in [0, 0.1) is 0 Å². The van der Waals surface area contributed by atoms with Crippen LogP contribution in [0.2, 0.25) is 0 Å². The first kappa shape index (κ1) is 12.1. The van der Waals surface area contributed by atoms with Crippen molar-refractivity contribution >= 4 is 19.5 Å². The van der Waals surface area contributed by atoms with Crippen LogP contribution in [0.1, 0.15) is 0 Å². The van der Waals surface area contributed by atoms with Gasteiger partial charge < -0.3 is 9.80 Å². The second-order valence-corrected chi connectivity index (χ2v) is 2.47. The zero-order chi connectivity index (χ0) is 11.0. The summed E-state index contributed by atoms with van der Waals surface area (Å²) in [5.74, 6) is 0. The number of nitrogens with zero attached hydrogens (tertiary/aromatic N) is 4. The Bertz CT molecular complexity index is 244. The Balaban J connectivity index is 4.30. The molecule has 0 aromatic carbocycles. The lowest BCUT2D eigenvalue weighted by molar-refractivity contribution is 0.201. The van der Waals surface area contributed by atoms with Crippen LogP contribution in [0.25, 0.3) is 0 Å². The number of rotatable bonds is 4. The van der Waals surface area contributed by atoms with Gasteiger partial charge in [0, 0.05) is 38.9 Å². The van der Waals surface area contributed by atoms with Crippen molar-refractivity contribution in [1.29, 1.82) is 0 Å². The minimum atomic E-state index is -0.204. The van der Waals surface area contributed by atoms with E-state index in [0.29, 0.717) is 0 Å². The first-order valence-corrected chi connectivity index (χ1v) is 3.88. The normalized spacial score (nSPS) is 10.4. The summed E-state index contributed by atoms with van der Waals surface area (Å²) in [6.07, 6.45) is 5.89. The van der Waals surface area contributed by atoms with Crippen LogP contribution < -0.4 is 0 Å². The van der Waals surface area contributed by atoms with Crippen molar-refractivity contribution in [2.75, 3.05) is 14.1 Å². The molecule has 14 heavy (non-hydrogen) atoms. The summed E-state index contributed by atoms with van der Waals surface area (Å²) in [5, 5.41) is 0. The standard InChI is InChI=1S/C9H14N4O/c1-10-5-7-12(3)9(14)13(4)8-6-11-2/h5-8H,1-2H2,3-4H3/b7-5-,8-6-. The molecule has 0 rings (SSSR count). The molecule has 0 atom stereocenters. The molecule has 0 unspecified atom stereocenters. The second kappa shape index (κ2) is 6.59. The third kappa shape index (κ3) is 4.20. The molecule has 0 aromatic heterocycles. The number of carbonyl (C=O) groups is 1. The number of aliphatic imine (C=N–C) groups is 2. The summed E-state index contributed by atoms with van der Waals surface area (Å²) < 4.78 is 0. The van der Waals surface area contributed by atoms with E-state index in [9.17, 15) is 4.79 Å². The minimum absolute atomic E-state index is 0.204. The van der Waals surface area contributed by atoms with E-state index in [1.165, 1.54) is 34.6 Å². The van der Waals surface area contributed by atoms with Crippen LogP contribution in [0.3, 0.4) is 0 Å². The molecule has 0 aromatic rings. The molecule has 0 bridgehead atoms. The number of hydrogen-bond acceptors (Lipinski definition) is 3.